The van der Waals surface area contributed by atoms with Crippen LogP contribution in [0.3, 0.4) is 0 Å². The van der Waals surface area contributed by atoms with Crippen molar-refractivity contribution >= 4 is 50.1 Å². The smallest absolute Gasteiger partial charge is 0.263 e. The van der Waals surface area contributed by atoms with Gasteiger partial charge in [-0.05, 0) is 38.8 Å². The lowest BCUT2D eigenvalue weighted by Gasteiger charge is -2.41. The number of nitrogens with one attached hydrogen (secondary N) is 1. The first-order chi connectivity index (χ1) is 13.9. The predicted molar refractivity (Wildman–Crippen MR) is 119 cm³/mol. The highest BCUT2D eigenvalue weighted by molar-refractivity contribution is 8.15. The summed E-state index contributed by atoms with van der Waals surface area (Å²) in [6, 6.07) is 0.0897. The molecule has 1 unspecified atom stereocenters. The lowest BCUT2D eigenvalue weighted by atomic mass is 9.98. The number of aromatic nitrogens is 2. The first-order valence-electron chi connectivity index (χ1n) is 9.58. The summed E-state index contributed by atoms with van der Waals surface area (Å²) < 4.78 is 0.0426. The highest BCUT2D eigenvalue weighted by Crippen LogP contribution is 2.46. The Kier molecular flexibility index (Phi) is 4.22. The third-order valence-corrected chi connectivity index (χ3v) is 8.25. The van der Waals surface area contributed by atoms with Gasteiger partial charge in [0, 0.05) is 18.5 Å². The van der Waals surface area contributed by atoms with Gasteiger partial charge >= 0.3 is 0 Å². The van der Waals surface area contributed by atoms with Crippen LogP contribution in [0.15, 0.2) is 28.9 Å². The molecule has 2 aromatic heterocycles. The van der Waals surface area contributed by atoms with Crippen LogP contribution >= 0.6 is 23.1 Å². The van der Waals surface area contributed by atoms with Gasteiger partial charge in [-0.3, -0.25) is 4.79 Å². The van der Waals surface area contributed by atoms with E-state index in [1.54, 1.807) is 0 Å². The standard InChI is InChI=1S/C20H22N6OS2/c1-10-11(2)24-25-18-14(10)15(21)16(28-18)17(27)22-12-8-26(9-12)19-23-13-6-4-5-7-20(13,3)29-19/h4-6,12H,7-9,21H2,1-3H3,(H,22,27). The normalized spacial score (nSPS) is 23.6. The maximum absolute atomic E-state index is 12.8. The monoisotopic (exact) mass is 426 g/mol. The second kappa shape index (κ2) is 6.56. The minimum absolute atomic E-state index is 0.0426. The Labute approximate surface area is 177 Å². The zero-order valence-corrected chi connectivity index (χ0v) is 18.2. The second-order valence-corrected chi connectivity index (χ2v) is 10.4. The minimum atomic E-state index is -0.138. The number of nitrogens with two attached hydrogens (primary N) is 1. The Hall–Kier alpha value is -2.39. The van der Waals surface area contributed by atoms with Gasteiger partial charge in [0.05, 0.1) is 27.9 Å². The number of allylic oxidation sites excluding steroid dienone is 3. The number of anilines is 1. The molecule has 9 heteroatoms. The molecule has 0 aromatic carbocycles. The van der Waals surface area contributed by atoms with E-state index in [0.29, 0.717) is 15.4 Å². The number of carbonyl (C=O) groups excluding carboxylic acids is 1. The van der Waals surface area contributed by atoms with Gasteiger partial charge in [0.15, 0.2) is 5.17 Å². The van der Waals surface area contributed by atoms with Crippen molar-refractivity contribution in [2.75, 3.05) is 18.8 Å². The zero-order chi connectivity index (χ0) is 20.3. The summed E-state index contributed by atoms with van der Waals surface area (Å²) in [5, 5.41) is 13.3. The molecule has 1 fully saturated rings. The van der Waals surface area contributed by atoms with Crippen LogP contribution in [0.1, 0.15) is 34.3 Å². The van der Waals surface area contributed by atoms with Gasteiger partial charge in [0.1, 0.15) is 9.71 Å². The van der Waals surface area contributed by atoms with Crippen LogP contribution in [0.2, 0.25) is 0 Å². The molecule has 0 saturated carbocycles. The van der Waals surface area contributed by atoms with Crippen molar-refractivity contribution in [2.45, 2.75) is 38.0 Å². The number of thioether (sulfide) groups is 1. The topological polar surface area (TPSA) is 96.5 Å². The molecule has 0 spiro atoms. The number of hydrogen-bond donors (Lipinski definition) is 2. The first kappa shape index (κ1) is 18.6. The predicted octanol–water partition coefficient (Wildman–Crippen LogP) is 3.01. The summed E-state index contributed by atoms with van der Waals surface area (Å²) in [5.41, 5.74) is 9.74. The van der Waals surface area contributed by atoms with E-state index >= 15 is 0 Å². The molecule has 7 nitrogen and oxygen atoms in total. The van der Waals surface area contributed by atoms with Crippen molar-refractivity contribution in [1.29, 1.82) is 0 Å². The van der Waals surface area contributed by atoms with Crippen LogP contribution in [0.25, 0.3) is 10.2 Å². The van der Waals surface area contributed by atoms with Crippen molar-refractivity contribution < 1.29 is 4.79 Å². The third-order valence-electron chi connectivity index (χ3n) is 5.80. The van der Waals surface area contributed by atoms with Gasteiger partial charge in [0.2, 0.25) is 0 Å². The molecule has 2 aliphatic heterocycles. The van der Waals surface area contributed by atoms with Gasteiger partial charge in [0.25, 0.3) is 5.91 Å². The van der Waals surface area contributed by atoms with Gasteiger partial charge in [-0.2, -0.15) is 5.10 Å². The SMILES string of the molecule is Cc1nnc2sc(C(=O)NC3CN(C4=NC5=CC=CCC5(C)S4)C3)c(N)c2c1C. The van der Waals surface area contributed by atoms with Crippen molar-refractivity contribution in [3.8, 4) is 0 Å². The van der Waals surface area contributed by atoms with Crippen LogP contribution < -0.4 is 11.1 Å². The van der Waals surface area contributed by atoms with E-state index in [-0.39, 0.29) is 16.7 Å². The number of amides is 1. The number of aryl methyl sites for hydroxylation is 2. The minimum Gasteiger partial charge on any atom is -0.397 e. The fourth-order valence-corrected chi connectivity index (χ4v) is 6.06. The van der Waals surface area contributed by atoms with E-state index < -0.39 is 0 Å². The van der Waals surface area contributed by atoms with E-state index in [9.17, 15) is 4.79 Å². The molecule has 29 heavy (non-hydrogen) atoms. The van der Waals surface area contributed by atoms with E-state index in [1.165, 1.54) is 11.3 Å². The van der Waals surface area contributed by atoms with E-state index in [0.717, 1.165) is 47.0 Å². The highest BCUT2D eigenvalue weighted by Gasteiger charge is 2.42. The molecule has 3 N–H and O–H groups in total. The van der Waals surface area contributed by atoms with Crippen molar-refractivity contribution in [3.05, 3.63) is 40.1 Å². The lowest BCUT2D eigenvalue weighted by molar-refractivity contribution is 0.0897. The molecule has 1 amide bonds. The fourth-order valence-electron chi connectivity index (χ4n) is 3.83. The number of rotatable bonds is 2. The molecule has 1 aliphatic carbocycles. The molecule has 1 saturated heterocycles. The molecule has 150 valence electrons. The number of amidine groups is 1. The van der Waals surface area contributed by atoms with E-state index in [2.05, 4.69) is 45.6 Å². The number of likely N-dealkylation sites (tertiary alicyclic amines) is 1. The third kappa shape index (κ3) is 2.95. The Morgan fingerprint density at radius 2 is 2.14 bits per heavy atom. The highest BCUT2D eigenvalue weighted by atomic mass is 32.2. The summed E-state index contributed by atoms with van der Waals surface area (Å²) in [6.45, 7) is 7.62. The Bertz CT molecular complexity index is 1130. The van der Waals surface area contributed by atoms with Crippen LogP contribution in [0.4, 0.5) is 5.69 Å². The number of nitrogen functional groups attached to an aromatic ring is 1. The Morgan fingerprint density at radius 1 is 1.34 bits per heavy atom. The first-order valence-corrected chi connectivity index (χ1v) is 11.2. The maximum atomic E-state index is 12.8. The summed E-state index contributed by atoms with van der Waals surface area (Å²) in [7, 11) is 0. The number of aliphatic imine (C=N–C) groups is 1. The Morgan fingerprint density at radius 3 is 2.90 bits per heavy atom. The van der Waals surface area contributed by atoms with Crippen molar-refractivity contribution in [1.82, 2.24) is 20.4 Å². The quantitative estimate of drug-likeness (QED) is 0.766. The summed E-state index contributed by atoms with van der Waals surface area (Å²) in [6.07, 6.45) is 7.36. The number of thiophene rings is 1. The number of carbonyl (C=O) groups is 1. The zero-order valence-electron chi connectivity index (χ0n) is 16.5. The summed E-state index contributed by atoms with van der Waals surface area (Å²) >= 11 is 3.12. The summed E-state index contributed by atoms with van der Waals surface area (Å²) in [4.78, 5) is 21.1. The van der Waals surface area contributed by atoms with Gasteiger partial charge in [-0.15, -0.1) is 16.4 Å². The van der Waals surface area contributed by atoms with Gasteiger partial charge < -0.3 is 16.0 Å². The van der Waals surface area contributed by atoms with Crippen molar-refractivity contribution in [3.63, 3.8) is 0 Å². The number of nitrogens with zero attached hydrogens (tertiary/aromatic N) is 4. The molecule has 1 atom stereocenters. The molecule has 0 radical (unpaired) electrons. The lowest BCUT2D eigenvalue weighted by Crippen LogP contribution is -2.60. The molecule has 5 rings (SSSR count). The van der Waals surface area contributed by atoms with E-state index in [4.69, 9.17) is 10.7 Å². The number of hydrogen-bond acceptors (Lipinski definition) is 8. The number of fused-ring (bicyclic) bond motifs is 2. The second-order valence-electron chi connectivity index (χ2n) is 7.92. The molecule has 0 bridgehead atoms. The van der Waals surface area contributed by atoms with Gasteiger partial charge in [-0.1, -0.05) is 23.9 Å². The van der Waals surface area contributed by atoms with Gasteiger partial charge in [-0.25, -0.2) is 4.99 Å². The van der Waals surface area contributed by atoms with Crippen LogP contribution in [-0.2, 0) is 0 Å². The largest absolute Gasteiger partial charge is 0.397 e. The van der Waals surface area contributed by atoms with Crippen molar-refractivity contribution in [2.24, 2.45) is 4.99 Å². The molecular formula is C20H22N6OS2. The van der Waals surface area contributed by atoms with E-state index in [1.807, 2.05) is 25.6 Å². The molecule has 4 heterocycles. The average molecular weight is 427 g/mol. The molecule has 3 aliphatic rings. The van der Waals surface area contributed by atoms with Crippen LogP contribution in [-0.4, -0.2) is 50.1 Å². The summed E-state index contributed by atoms with van der Waals surface area (Å²) in [5.74, 6) is -0.138. The molecular weight excluding hydrogens is 404 g/mol. The fraction of sp³-hybridized carbons (Fsp3) is 0.400. The maximum Gasteiger partial charge on any atom is 0.263 e. The van der Waals surface area contributed by atoms with Crippen LogP contribution in [0.5, 0.6) is 0 Å². The average Bonchev–Trinajstić information content (AvgIpc) is 3.18. The Balaban J connectivity index is 1.26. The molecule has 2 aromatic rings. The van der Waals surface area contributed by atoms with Crippen LogP contribution in [0, 0.1) is 13.8 Å².